The van der Waals surface area contributed by atoms with Crippen molar-refractivity contribution >= 4 is 17.7 Å². The van der Waals surface area contributed by atoms with E-state index >= 15 is 0 Å². The quantitative estimate of drug-likeness (QED) is 0.853. The van der Waals surface area contributed by atoms with E-state index < -0.39 is 12.0 Å². The number of benzene rings is 1. The van der Waals surface area contributed by atoms with Crippen LogP contribution >= 0.6 is 11.8 Å². The summed E-state index contributed by atoms with van der Waals surface area (Å²) in [6.07, 6.45) is 0. The zero-order valence-electron chi connectivity index (χ0n) is 11.5. The van der Waals surface area contributed by atoms with Gasteiger partial charge in [-0.05, 0) is 6.07 Å². The Morgan fingerprint density at radius 3 is 2.30 bits per heavy atom. The molecule has 2 unspecified atom stereocenters. The third-order valence-corrected chi connectivity index (χ3v) is 4.35. The summed E-state index contributed by atoms with van der Waals surface area (Å²) in [6.45, 7) is 0. The van der Waals surface area contributed by atoms with Crippen molar-refractivity contribution in [2.45, 2.75) is 11.4 Å². The van der Waals surface area contributed by atoms with E-state index in [0.29, 0.717) is 23.0 Å². The smallest absolute Gasteiger partial charge is 0.321 e. The van der Waals surface area contributed by atoms with Gasteiger partial charge in [-0.3, -0.25) is 10.1 Å². The molecule has 6 nitrogen and oxygen atoms in total. The van der Waals surface area contributed by atoms with Gasteiger partial charge in [0.05, 0.1) is 26.7 Å². The molecule has 0 aliphatic carbocycles. The molecule has 1 aromatic carbocycles. The van der Waals surface area contributed by atoms with Crippen LogP contribution in [0.1, 0.15) is 10.9 Å². The minimum atomic E-state index is -0.848. The minimum absolute atomic E-state index is 0.147. The molecular weight excluding hydrogens is 282 g/mol. The largest absolute Gasteiger partial charge is 0.496 e. The second-order valence-corrected chi connectivity index (χ2v) is 5.36. The molecule has 0 radical (unpaired) electrons. The lowest BCUT2D eigenvalue weighted by molar-refractivity contribution is -0.138. The van der Waals surface area contributed by atoms with E-state index in [1.165, 1.54) is 11.8 Å². The van der Waals surface area contributed by atoms with Crippen LogP contribution in [0.15, 0.2) is 12.1 Å². The number of carbonyl (C=O) groups is 1. The van der Waals surface area contributed by atoms with Crippen LogP contribution < -0.4 is 19.5 Å². The summed E-state index contributed by atoms with van der Waals surface area (Å²) in [6, 6.07) is 3.00. The average molecular weight is 299 g/mol. The van der Waals surface area contributed by atoms with E-state index in [-0.39, 0.29) is 5.37 Å². The zero-order valence-corrected chi connectivity index (χ0v) is 12.3. The molecule has 0 spiro atoms. The van der Waals surface area contributed by atoms with Crippen LogP contribution in [0.2, 0.25) is 0 Å². The fraction of sp³-hybridized carbons (Fsp3) is 0.462. The second kappa shape index (κ2) is 6.23. The van der Waals surface area contributed by atoms with Gasteiger partial charge < -0.3 is 19.3 Å². The molecule has 1 saturated heterocycles. The molecule has 1 fully saturated rings. The first-order chi connectivity index (χ1) is 9.60. The monoisotopic (exact) mass is 299 g/mol. The van der Waals surface area contributed by atoms with Crippen LogP contribution in [0.4, 0.5) is 0 Å². The number of carboxylic acid groups (broad SMARTS) is 1. The molecule has 0 aromatic heterocycles. The van der Waals surface area contributed by atoms with E-state index in [0.717, 1.165) is 5.56 Å². The number of nitrogens with one attached hydrogen (secondary N) is 1. The topological polar surface area (TPSA) is 77.0 Å². The number of hydrogen-bond acceptors (Lipinski definition) is 6. The van der Waals surface area contributed by atoms with Crippen molar-refractivity contribution in [3.8, 4) is 17.2 Å². The number of aliphatic carboxylic acids is 1. The molecule has 110 valence electrons. The van der Waals surface area contributed by atoms with Crippen LogP contribution in [0.5, 0.6) is 17.2 Å². The summed E-state index contributed by atoms with van der Waals surface area (Å²) >= 11 is 1.53. The lowest BCUT2D eigenvalue weighted by Crippen LogP contribution is -2.33. The van der Waals surface area contributed by atoms with Gasteiger partial charge in [-0.15, -0.1) is 11.8 Å². The molecule has 1 aliphatic rings. The van der Waals surface area contributed by atoms with Gasteiger partial charge in [-0.2, -0.15) is 0 Å². The summed E-state index contributed by atoms with van der Waals surface area (Å²) in [5.74, 6) is 1.46. The normalized spacial score (nSPS) is 21.6. The highest BCUT2D eigenvalue weighted by molar-refractivity contribution is 7.99. The highest BCUT2D eigenvalue weighted by Gasteiger charge is 2.32. The molecule has 1 aliphatic heterocycles. The Kier molecular flexibility index (Phi) is 4.61. The Bertz CT molecular complexity index is 508. The summed E-state index contributed by atoms with van der Waals surface area (Å²) in [5, 5.41) is 11.9. The zero-order chi connectivity index (χ0) is 14.7. The number of methoxy groups -OCH3 is 3. The fourth-order valence-electron chi connectivity index (χ4n) is 2.05. The predicted octanol–water partition coefficient (Wildman–Crippen LogP) is 1.50. The molecule has 2 atom stereocenters. The van der Waals surface area contributed by atoms with Crippen molar-refractivity contribution in [3.05, 3.63) is 17.7 Å². The maximum atomic E-state index is 11.0. The standard InChI is InChI=1S/C13H17NO5S/c1-17-9-5-11(19-3)10(18-2)4-7(9)12-14-8(6-20-12)13(15)16/h4-5,8,12,14H,6H2,1-3H3,(H,15,16). The average Bonchev–Trinajstić information content (AvgIpc) is 2.95. The van der Waals surface area contributed by atoms with E-state index in [9.17, 15) is 4.79 Å². The van der Waals surface area contributed by atoms with Crippen molar-refractivity contribution in [1.82, 2.24) is 5.32 Å². The third kappa shape index (κ3) is 2.78. The Morgan fingerprint density at radius 1 is 1.20 bits per heavy atom. The highest BCUT2D eigenvalue weighted by atomic mass is 32.2. The van der Waals surface area contributed by atoms with Crippen molar-refractivity contribution in [2.75, 3.05) is 27.1 Å². The van der Waals surface area contributed by atoms with Crippen molar-refractivity contribution in [3.63, 3.8) is 0 Å². The number of hydrogen-bond donors (Lipinski definition) is 2. The summed E-state index contributed by atoms with van der Waals surface area (Å²) in [5.41, 5.74) is 0.846. The van der Waals surface area contributed by atoms with E-state index in [1.54, 1.807) is 27.4 Å². The summed E-state index contributed by atoms with van der Waals surface area (Å²) < 4.78 is 15.9. The summed E-state index contributed by atoms with van der Waals surface area (Å²) in [4.78, 5) is 11.0. The molecule has 7 heteroatoms. The highest BCUT2D eigenvalue weighted by Crippen LogP contribution is 2.43. The number of thioether (sulfide) groups is 1. The van der Waals surface area contributed by atoms with Gasteiger partial charge in [-0.1, -0.05) is 0 Å². The van der Waals surface area contributed by atoms with Gasteiger partial charge in [0.25, 0.3) is 0 Å². The molecule has 1 heterocycles. The Hall–Kier alpha value is -1.60. The molecular formula is C13H17NO5S. The molecule has 0 saturated carbocycles. The van der Waals surface area contributed by atoms with Gasteiger partial charge in [0.2, 0.25) is 0 Å². The molecule has 2 N–H and O–H groups in total. The summed E-state index contributed by atoms with van der Waals surface area (Å²) in [7, 11) is 4.68. The van der Waals surface area contributed by atoms with Crippen LogP contribution in [0.25, 0.3) is 0 Å². The maximum absolute atomic E-state index is 11.0. The Morgan fingerprint density at radius 2 is 1.80 bits per heavy atom. The van der Waals surface area contributed by atoms with Crippen molar-refractivity contribution in [1.29, 1.82) is 0 Å². The van der Waals surface area contributed by atoms with Gasteiger partial charge in [-0.25, -0.2) is 0 Å². The van der Waals surface area contributed by atoms with E-state index in [1.807, 2.05) is 6.07 Å². The first kappa shape index (κ1) is 14.8. The number of ether oxygens (including phenoxy) is 3. The van der Waals surface area contributed by atoms with Crippen LogP contribution in [-0.2, 0) is 4.79 Å². The van der Waals surface area contributed by atoms with E-state index in [4.69, 9.17) is 19.3 Å². The van der Waals surface area contributed by atoms with Crippen LogP contribution in [0, 0.1) is 0 Å². The minimum Gasteiger partial charge on any atom is -0.496 e. The lowest BCUT2D eigenvalue weighted by atomic mass is 10.1. The van der Waals surface area contributed by atoms with Crippen LogP contribution in [0.3, 0.4) is 0 Å². The SMILES string of the molecule is COc1cc(OC)c(C2NC(C(=O)O)CS2)cc1OC. The number of rotatable bonds is 5. The predicted molar refractivity (Wildman–Crippen MR) is 75.9 cm³/mol. The van der Waals surface area contributed by atoms with E-state index in [2.05, 4.69) is 5.32 Å². The molecule has 0 amide bonds. The number of carboxylic acids is 1. The maximum Gasteiger partial charge on any atom is 0.321 e. The molecule has 0 bridgehead atoms. The van der Waals surface area contributed by atoms with Gasteiger partial charge in [0.1, 0.15) is 11.8 Å². The third-order valence-electron chi connectivity index (χ3n) is 3.10. The van der Waals surface area contributed by atoms with Crippen molar-refractivity contribution < 1.29 is 24.1 Å². The Labute approximate surface area is 121 Å². The fourth-order valence-corrected chi connectivity index (χ4v) is 3.30. The van der Waals surface area contributed by atoms with Gasteiger partial charge in [0.15, 0.2) is 11.5 Å². The first-order valence-corrected chi connectivity index (χ1v) is 7.06. The van der Waals surface area contributed by atoms with Crippen molar-refractivity contribution in [2.24, 2.45) is 0 Å². The molecule has 20 heavy (non-hydrogen) atoms. The molecule has 1 aromatic rings. The van der Waals surface area contributed by atoms with Gasteiger partial charge >= 0.3 is 5.97 Å². The van der Waals surface area contributed by atoms with Gasteiger partial charge in [0, 0.05) is 17.4 Å². The second-order valence-electron chi connectivity index (χ2n) is 4.22. The van der Waals surface area contributed by atoms with Crippen LogP contribution in [-0.4, -0.2) is 44.2 Å². The molecule has 2 rings (SSSR count). The first-order valence-electron chi connectivity index (χ1n) is 6.01. The Balaban J connectivity index is 2.33. The lowest BCUT2D eigenvalue weighted by Gasteiger charge is -2.18.